The maximum absolute atomic E-state index is 8.97. The summed E-state index contributed by atoms with van der Waals surface area (Å²) in [6.45, 7) is 0.704. The van der Waals surface area contributed by atoms with Crippen LogP contribution in [0.5, 0.6) is 23.0 Å². The first-order chi connectivity index (χ1) is 12.0. The number of hydrogen-bond acceptors (Lipinski definition) is 5. The van der Waals surface area contributed by atoms with Gasteiger partial charge in [-0.15, -0.1) is 0 Å². The van der Waals surface area contributed by atoms with E-state index in [1.807, 2.05) is 0 Å². The third kappa shape index (κ3) is 21.2. The first kappa shape index (κ1) is 32.3. The average molecular weight is 599 g/mol. The largest absolute Gasteiger partial charge is 1.00 e. The minimum atomic E-state index is 0. The second-order valence-corrected chi connectivity index (χ2v) is 7.01. The van der Waals surface area contributed by atoms with Crippen molar-refractivity contribution in [3.63, 3.8) is 0 Å². The van der Waals surface area contributed by atoms with E-state index >= 15 is 0 Å². The predicted octanol–water partition coefficient (Wildman–Crippen LogP) is 2.65. The topological polar surface area (TPSA) is 99.9 Å². The Morgan fingerprint density at radius 3 is 1.26 bits per heavy atom. The summed E-state index contributed by atoms with van der Waals surface area (Å²) in [5.41, 5.74) is 0. The Labute approximate surface area is 228 Å². The molecule has 0 aliphatic heterocycles. The maximum Gasteiger partial charge on any atom is 1.00 e. The number of alkyl halides is 3. The minimum absolute atomic E-state index is 0. The van der Waals surface area contributed by atoms with Crippen molar-refractivity contribution in [3.05, 3.63) is 48.5 Å². The van der Waals surface area contributed by atoms with E-state index in [1.165, 1.54) is 30.7 Å². The monoisotopic (exact) mass is 596 g/mol. The van der Waals surface area contributed by atoms with Crippen molar-refractivity contribution in [2.45, 2.75) is 12.8 Å². The zero-order valence-corrected chi connectivity index (χ0v) is 23.1. The first-order valence-electron chi connectivity index (χ1n) is 7.61. The van der Waals surface area contributed by atoms with Gasteiger partial charge in [-0.05, 0) is 61.4 Å². The SMILES string of the molecule is BrCCCBr.Oc1ccc(O)cc1.Oc1ccc(OCCCBr)cc1.[K+].[OH-]. The molecule has 2 rings (SSSR count). The molecule has 0 saturated carbocycles. The molecule has 0 aliphatic carbocycles. The number of hydrogen-bond donors (Lipinski definition) is 3. The van der Waals surface area contributed by atoms with Crippen molar-refractivity contribution >= 4 is 47.8 Å². The Morgan fingerprint density at radius 2 is 0.963 bits per heavy atom. The molecule has 2 aromatic rings. The average Bonchev–Trinajstić information content (AvgIpc) is 2.61. The third-order valence-corrected chi connectivity index (χ3v) is 4.18. The van der Waals surface area contributed by atoms with Crippen LogP contribution in [0, 0.1) is 0 Å². The van der Waals surface area contributed by atoms with Gasteiger partial charge in [-0.2, -0.15) is 0 Å². The molecule has 5 nitrogen and oxygen atoms in total. The van der Waals surface area contributed by atoms with Crippen molar-refractivity contribution in [2.75, 3.05) is 22.6 Å². The Bertz CT molecular complexity index is 519. The summed E-state index contributed by atoms with van der Waals surface area (Å²) < 4.78 is 5.36. The van der Waals surface area contributed by atoms with Gasteiger partial charge in [-0.3, -0.25) is 0 Å². The number of rotatable bonds is 6. The molecule has 0 aliphatic rings. The predicted molar refractivity (Wildman–Crippen MR) is 116 cm³/mol. The van der Waals surface area contributed by atoms with Gasteiger partial charge in [-0.1, -0.05) is 47.8 Å². The molecule has 0 fully saturated rings. The van der Waals surface area contributed by atoms with E-state index in [4.69, 9.17) is 20.1 Å². The third-order valence-electron chi connectivity index (χ3n) is 2.50. The molecule has 0 atom stereocenters. The van der Waals surface area contributed by atoms with Gasteiger partial charge in [-0.25, -0.2) is 0 Å². The van der Waals surface area contributed by atoms with Crippen LogP contribution in [0.4, 0.5) is 0 Å². The molecule has 0 radical (unpaired) electrons. The van der Waals surface area contributed by atoms with Crippen LogP contribution >= 0.6 is 47.8 Å². The number of phenols is 3. The van der Waals surface area contributed by atoms with E-state index in [-0.39, 0.29) is 74.1 Å². The summed E-state index contributed by atoms with van der Waals surface area (Å²) in [4.78, 5) is 0. The van der Waals surface area contributed by atoms with E-state index in [2.05, 4.69) is 47.8 Å². The molecule has 0 bridgehead atoms. The molecule has 4 N–H and O–H groups in total. The zero-order chi connectivity index (χ0) is 18.9. The summed E-state index contributed by atoms with van der Waals surface area (Å²) >= 11 is 9.87. The van der Waals surface area contributed by atoms with E-state index < -0.39 is 0 Å². The number of aromatic hydroxyl groups is 3. The molecule has 0 spiro atoms. The fraction of sp³-hybridized carbons (Fsp3) is 0.333. The fourth-order valence-electron chi connectivity index (χ4n) is 1.29. The standard InChI is InChI=1S/C9H11BrO2.C6H6O2.C3H6Br2.K.H2O/c10-6-1-7-12-9-4-2-8(11)3-5-9;7-5-1-2-6(8)4-3-5;4-2-1-3-5;;/h2-5,11H,1,6-7H2;1-4,7-8H;1-3H2;;1H2/q;;;+1;/p-1. The van der Waals surface area contributed by atoms with Crippen LogP contribution in [-0.4, -0.2) is 43.4 Å². The summed E-state index contributed by atoms with van der Waals surface area (Å²) in [5.74, 6) is 1.40. The van der Waals surface area contributed by atoms with Crippen LogP contribution in [0.1, 0.15) is 12.8 Å². The number of halogens is 3. The molecule has 27 heavy (non-hydrogen) atoms. The zero-order valence-electron chi connectivity index (χ0n) is 15.2. The summed E-state index contributed by atoms with van der Waals surface area (Å²) in [7, 11) is 0. The Hall–Kier alpha value is 0.676. The number of ether oxygens (including phenoxy) is 1. The van der Waals surface area contributed by atoms with Crippen LogP contribution in [0.3, 0.4) is 0 Å². The van der Waals surface area contributed by atoms with Gasteiger partial charge in [0, 0.05) is 16.0 Å². The Balaban J connectivity index is -0.000000337. The Morgan fingerprint density at radius 1 is 0.630 bits per heavy atom. The second-order valence-electron chi connectivity index (χ2n) is 4.63. The summed E-state index contributed by atoms with van der Waals surface area (Å²) in [6, 6.07) is 12.4. The van der Waals surface area contributed by atoms with Crippen molar-refractivity contribution in [3.8, 4) is 23.0 Å². The number of benzene rings is 2. The maximum atomic E-state index is 8.97. The number of phenolic OH excluding ortho intramolecular Hbond substituents is 3. The molecule has 0 unspecified atom stereocenters. The quantitative estimate of drug-likeness (QED) is 0.206. The van der Waals surface area contributed by atoms with E-state index in [0.717, 1.165) is 28.2 Å². The van der Waals surface area contributed by atoms with E-state index in [0.29, 0.717) is 6.61 Å². The van der Waals surface area contributed by atoms with Crippen molar-refractivity contribution in [1.29, 1.82) is 0 Å². The first-order valence-corrected chi connectivity index (χ1v) is 11.0. The molecule has 0 aromatic heterocycles. The molecule has 0 amide bonds. The van der Waals surface area contributed by atoms with Crippen LogP contribution in [0.25, 0.3) is 0 Å². The molecular weight excluding hydrogens is 575 g/mol. The molecule has 2 aromatic carbocycles. The smallest absolute Gasteiger partial charge is 0.870 e. The molecule has 9 heteroatoms. The van der Waals surface area contributed by atoms with Crippen molar-refractivity contribution < 1.29 is 76.9 Å². The summed E-state index contributed by atoms with van der Waals surface area (Å²) in [5, 5.41) is 29.4. The Kier molecular flexibility index (Phi) is 27.5. The van der Waals surface area contributed by atoms with E-state index in [1.54, 1.807) is 24.3 Å². The molecule has 0 heterocycles. The fourth-order valence-corrected chi connectivity index (χ4v) is 2.83. The van der Waals surface area contributed by atoms with Gasteiger partial charge in [0.05, 0.1) is 6.61 Å². The van der Waals surface area contributed by atoms with Crippen LogP contribution in [-0.2, 0) is 0 Å². The van der Waals surface area contributed by atoms with Crippen LogP contribution in [0.2, 0.25) is 0 Å². The van der Waals surface area contributed by atoms with Crippen molar-refractivity contribution in [1.82, 2.24) is 0 Å². The normalized spacial score (nSPS) is 8.56. The van der Waals surface area contributed by atoms with Gasteiger partial charge in [0.15, 0.2) is 0 Å². The molecule has 0 saturated heterocycles. The van der Waals surface area contributed by atoms with Crippen LogP contribution < -0.4 is 56.1 Å². The second kappa shape index (κ2) is 23.0. The molecular formula is C18H24Br3KO5. The van der Waals surface area contributed by atoms with E-state index in [9.17, 15) is 0 Å². The van der Waals surface area contributed by atoms with Gasteiger partial charge in [0.25, 0.3) is 0 Å². The molecule has 148 valence electrons. The van der Waals surface area contributed by atoms with Gasteiger partial charge >= 0.3 is 51.4 Å². The van der Waals surface area contributed by atoms with Gasteiger partial charge < -0.3 is 25.5 Å². The van der Waals surface area contributed by atoms with Crippen LogP contribution in [0.15, 0.2) is 48.5 Å². The van der Waals surface area contributed by atoms with Crippen molar-refractivity contribution in [2.24, 2.45) is 0 Å². The van der Waals surface area contributed by atoms with Gasteiger partial charge in [0.1, 0.15) is 23.0 Å². The minimum Gasteiger partial charge on any atom is -0.870 e. The van der Waals surface area contributed by atoms with Gasteiger partial charge in [0.2, 0.25) is 0 Å². The summed E-state index contributed by atoms with van der Waals surface area (Å²) in [6.07, 6.45) is 2.21.